The van der Waals surface area contributed by atoms with Gasteiger partial charge in [0, 0.05) is 0 Å². The van der Waals surface area contributed by atoms with Crippen LogP contribution < -0.4 is 5.73 Å². The van der Waals surface area contributed by atoms with Crippen LogP contribution in [0.3, 0.4) is 0 Å². The van der Waals surface area contributed by atoms with E-state index in [1.54, 1.807) is 6.07 Å². The van der Waals surface area contributed by atoms with Crippen molar-refractivity contribution in [2.75, 3.05) is 0 Å². The van der Waals surface area contributed by atoms with E-state index in [1.165, 1.54) is 17.5 Å². The van der Waals surface area contributed by atoms with Crippen LogP contribution in [0, 0.1) is 0 Å². The summed E-state index contributed by atoms with van der Waals surface area (Å²) in [6.07, 6.45) is 1.39. The smallest absolute Gasteiger partial charge is 0.268 e. The first kappa shape index (κ1) is 7.17. The number of carbonyl (C=O) groups excluding carboxylic acids is 1. The van der Waals surface area contributed by atoms with Crippen molar-refractivity contribution in [3.63, 3.8) is 0 Å². The first-order valence-corrected chi connectivity index (χ1v) is 4.15. The molecule has 2 heterocycles. The van der Waals surface area contributed by atoms with Crippen molar-refractivity contribution >= 4 is 27.6 Å². The molecule has 0 aromatic carbocycles. The summed E-state index contributed by atoms with van der Waals surface area (Å²) in [7, 11) is 0. The van der Waals surface area contributed by atoms with Crippen molar-refractivity contribution in [2.45, 2.75) is 0 Å². The largest absolute Gasteiger partial charge is 0.364 e. The molecule has 0 spiro atoms. The molecule has 0 aliphatic rings. The minimum absolute atomic E-state index is 0.209. The maximum atomic E-state index is 10.7. The van der Waals surface area contributed by atoms with Gasteiger partial charge in [0.2, 0.25) is 0 Å². The molecule has 0 aliphatic carbocycles. The molecule has 0 radical (unpaired) electrons. The predicted molar refractivity (Wildman–Crippen MR) is 45.9 cm³/mol. The lowest BCUT2D eigenvalue weighted by molar-refractivity contribution is 0.0995. The predicted octanol–water partition coefficient (Wildman–Crippen LogP) is 0.790. The van der Waals surface area contributed by atoms with E-state index < -0.39 is 5.91 Å². The van der Waals surface area contributed by atoms with Crippen molar-refractivity contribution in [3.8, 4) is 0 Å². The third-order valence-corrected chi connectivity index (χ3v) is 2.23. The highest BCUT2D eigenvalue weighted by atomic mass is 32.1. The molecular formula is C7H5N3OS. The van der Waals surface area contributed by atoms with Crippen LogP contribution in [-0.2, 0) is 0 Å². The number of hydrogen-bond donors (Lipinski definition) is 1. The van der Waals surface area contributed by atoms with E-state index in [0.717, 1.165) is 10.3 Å². The molecule has 4 nitrogen and oxygen atoms in total. The second-order valence-electron chi connectivity index (χ2n) is 2.23. The van der Waals surface area contributed by atoms with Gasteiger partial charge in [0.05, 0.1) is 6.20 Å². The number of nitrogens with two attached hydrogens (primary N) is 1. The van der Waals surface area contributed by atoms with Gasteiger partial charge in [0.25, 0.3) is 5.91 Å². The van der Waals surface area contributed by atoms with Crippen molar-refractivity contribution in [1.29, 1.82) is 0 Å². The molecular weight excluding hydrogens is 174 g/mol. The van der Waals surface area contributed by atoms with Gasteiger partial charge in [-0.3, -0.25) is 4.79 Å². The van der Waals surface area contributed by atoms with Crippen LogP contribution in [0.1, 0.15) is 10.5 Å². The number of nitrogens with zero attached hydrogens (tertiary/aromatic N) is 2. The van der Waals surface area contributed by atoms with Gasteiger partial charge in [0.1, 0.15) is 16.0 Å². The van der Waals surface area contributed by atoms with Crippen LogP contribution >= 0.6 is 11.3 Å². The summed E-state index contributed by atoms with van der Waals surface area (Å²) in [4.78, 5) is 19.5. The van der Waals surface area contributed by atoms with Crippen molar-refractivity contribution in [3.05, 3.63) is 23.3 Å². The fraction of sp³-hybridized carbons (Fsp3) is 0. The summed E-state index contributed by atoms with van der Waals surface area (Å²) in [6.45, 7) is 0. The van der Waals surface area contributed by atoms with Crippen molar-refractivity contribution in [1.82, 2.24) is 9.97 Å². The summed E-state index contributed by atoms with van der Waals surface area (Å²) in [5.74, 6) is -0.546. The Morgan fingerprint density at radius 3 is 3.17 bits per heavy atom. The van der Waals surface area contributed by atoms with Crippen LogP contribution in [-0.4, -0.2) is 15.9 Å². The first-order valence-electron chi connectivity index (χ1n) is 3.27. The maximum absolute atomic E-state index is 10.7. The minimum Gasteiger partial charge on any atom is -0.364 e. The number of amides is 1. The summed E-state index contributed by atoms with van der Waals surface area (Å²) in [5.41, 5.74) is 5.96. The lowest BCUT2D eigenvalue weighted by atomic mass is 10.4. The average molecular weight is 179 g/mol. The number of thiophene rings is 1. The Kier molecular flexibility index (Phi) is 1.51. The van der Waals surface area contributed by atoms with Crippen LogP contribution in [0.2, 0.25) is 0 Å². The molecule has 60 valence electrons. The fourth-order valence-corrected chi connectivity index (χ4v) is 1.55. The third kappa shape index (κ3) is 1.04. The quantitative estimate of drug-likeness (QED) is 0.703. The van der Waals surface area contributed by atoms with Gasteiger partial charge in [-0.05, 0) is 11.4 Å². The zero-order valence-corrected chi connectivity index (χ0v) is 6.84. The topological polar surface area (TPSA) is 68.9 Å². The average Bonchev–Trinajstić information content (AvgIpc) is 2.49. The van der Waals surface area contributed by atoms with Crippen molar-refractivity contribution < 1.29 is 4.79 Å². The molecule has 0 bridgehead atoms. The summed E-state index contributed by atoms with van der Waals surface area (Å²) >= 11 is 1.48. The zero-order valence-electron chi connectivity index (χ0n) is 6.02. The van der Waals surface area contributed by atoms with E-state index in [9.17, 15) is 4.79 Å². The molecule has 0 unspecified atom stereocenters. The zero-order chi connectivity index (χ0) is 8.55. The molecule has 2 aromatic heterocycles. The highest BCUT2D eigenvalue weighted by molar-refractivity contribution is 7.16. The van der Waals surface area contributed by atoms with Crippen LogP contribution in [0.15, 0.2) is 17.6 Å². The Morgan fingerprint density at radius 1 is 1.58 bits per heavy atom. The lowest BCUT2D eigenvalue weighted by Crippen LogP contribution is -2.13. The molecule has 2 N–H and O–H groups in total. The molecule has 1 amide bonds. The van der Waals surface area contributed by atoms with Crippen LogP contribution in [0.25, 0.3) is 10.3 Å². The number of fused-ring (bicyclic) bond motifs is 1. The Balaban J connectivity index is 2.68. The van der Waals surface area contributed by atoms with Gasteiger partial charge in [0.15, 0.2) is 0 Å². The summed E-state index contributed by atoms with van der Waals surface area (Å²) in [6, 6.07) is 1.80. The molecule has 0 atom stereocenters. The normalized spacial score (nSPS) is 10.3. The molecule has 0 saturated heterocycles. The summed E-state index contributed by atoms with van der Waals surface area (Å²) < 4.78 is 0. The van der Waals surface area contributed by atoms with E-state index in [0.29, 0.717) is 0 Å². The maximum Gasteiger partial charge on any atom is 0.268 e. The van der Waals surface area contributed by atoms with Gasteiger partial charge >= 0.3 is 0 Å². The van der Waals surface area contributed by atoms with E-state index in [4.69, 9.17) is 5.73 Å². The molecule has 0 fully saturated rings. The molecule has 2 rings (SSSR count). The molecule has 0 aliphatic heterocycles. The first-order chi connectivity index (χ1) is 5.77. The Morgan fingerprint density at radius 2 is 2.42 bits per heavy atom. The SMILES string of the molecule is NC(=O)c1cnc2sccc2n1. The van der Waals surface area contributed by atoms with Crippen molar-refractivity contribution in [2.24, 2.45) is 5.73 Å². The second-order valence-corrected chi connectivity index (χ2v) is 3.13. The molecule has 0 saturated carbocycles. The highest BCUT2D eigenvalue weighted by Gasteiger charge is 2.04. The number of rotatable bonds is 1. The highest BCUT2D eigenvalue weighted by Crippen LogP contribution is 2.15. The number of hydrogen-bond acceptors (Lipinski definition) is 4. The second kappa shape index (κ2) is 2.53. The minimum atomic E-state index is -0.546. The Bertz CT molecular complexity index is 437. The molecule has 2 aromatic rings. The van der Waals surface area contributed by atoms with Gasteiger partial charge in [-0.15, -0.1) is 11.3 Å². The molecule has 12 heavy (non-hydrogen) atoms. The number of aromatic nitrogens is 2. The van der Waals surface area contributed by atoms with Crippen LogP contribution in [0.5, 0.6) is 0 Å². The Hall–Kier alpha value is -1.49. The number of primary amides is 1. The fourth-order valence-electron chi connectivity index (χ4n) is 0.873. The van der Waals surface area contributed by atoms with E-state index in [2.05, 4.69) is 9.97 Å². The van der Waals surface area contributed by atoms with Gasteiger partial charge in [-0.2, -0.15) is 0 Å². The standard InChI is InChI=1S/C7H5N3OS/c8-6(11)5-3-9-7-4(10-5)1-2-12-7/h1-3H,(H2,8,11). The van der Waals surface area contributed by atoms with Gasteiger partial charge in [-0.25, -0.2) is 9.97 Å². The van der Waals surface area contributed by atoms with Gasteiger partial charge in [-0.1, -0.05) is 0 Å². The van der Waals surface area contributed by atoms with E-state index in [1.807, 2.05) is 5.38 Å². The van der Waals surface area contributed by atoms with Crippen LogP contribution in [0.4, 0.5) is 0 Å². The van der Waals surface area contributed by atoms with E-state index in [-0.39, 0.29) is 5.69 Å². The number of carbonyl (C=O) groups is 1. The third-order valence-electron chi connectivity index (χ3n) is 1.42. The lowest BCUT2D eigenvalue weighted by Gasteiger charge is -1.92. The summed E-state index contributed by atoms with van der Waals surface area (Å²) in [5, 5.41) is 1.87. The van der Waals surface area contributed by atoms with Gasteiger partial charge < -0.3 is 5.73 Å². The van der Waals surface area contributed by atoms with E-state index >= 15 is 0 Å². The Labute approximate surface area is 72.1 Å². The molecule has 5 heteroatoms. The monoisotopic (exact) mass is 179 g/mol.